The van der Waals surface area contributed by atoms with Gasteiger partial charge in [-0.05, 0) is 46.5 Å². The maximum atomic E-state index is 12.1. The molecule has 5 nitrogen and oxygen atoms in total. The molecule has 0 unspecified atom stereocenters. The first kappa shape index (κ1) is 16.6. The lowest BCUT2D eigenvalue weighted by atomic mass is 10.2. The molecule has 0 aromatic heterocycles. The van der Waals surface area contributed by atoms with Crippen LogP contribution in [-0.4, -0.2) is 66.9 Å². The Kier molecular flexibility index (Phi) is 5.49. The molecular weight excluding hydrogens is 268 g/mol. The highest BCUT2D eigenvalue weighted by atomic mass is 16.6. The average Bonchev–Trinajstić information content (AvgIpc) is 3.18. The summed E-state index contributed by atoms with van der Waals surface area (Å²) in [5.74, 6) is 0.825. The van der Waals surface area contributed by atoms with Crippen molar-refractivity contribution in [2.75, 3.05) is 39.4 Å². The van der Waals surface area contributed by atoms with Gasteiger partial charge in [0.15, 0.2) is 0 Å². The summed E-state index contributed by atoms with van der Waals surface area (Å²) in [4.78, 5) is 16.3. The van der Waals surface area contributed by atoms with Crippen LogP contribution in [-0.2, 0) is 9.47 Å². The van der Waals surface area contributed by atoms with Crippen LogP contribution in [0, 0.1) is 5.92 Å². The molecule has 1 amide bonds. The molecule has 0 bridgehead atoms. The minimum atomic E-state index is -0.423. The number of hydrogen-bond acceptors (Lipinski definition) is 4. The van der Waals surface area contributed by atoms with Gasteiger partial charge in [0, 0.05) is 38.8 Å². The Hall–Kier alpha value is -0.810. The van der Waals surface area contributed by atoms with Crippen LogP contribution in [0.4, 0.5) is 4.79 Å². The van der Waals surface area contributed by atoms with Gasteiger partial charge in [0.05, 0.1) is 6.61 Å². The van der Waals surface area contributed by atoms with Gasteiger partial charge in [0.25, 0.3) is 0 Å². The lowest BCUT2D eigenvalue weighted by Gasteiger charge is -2.40. The summed E-state index contributed by atoms with van der Waals surface area (Å²) in [7, 11) is 0. The Morgan fingerprint density at radius 1 is 1.24 bits per heavy atom. The monoisotopic (exact) mass is 298 g/mol. The van der Waals surface area contributed by atoms with Gasteiger partial charge in [-0.3, -0.25) is 4.90 Å². The summed E-state index contributed by atoms with van der Waals surface area (Å²) in [6, 6.07) is 0.357. The zero-order chi connectivity index (χ0) is 15.5. The maximum Gasteiger partial charge on any atom is 0.410 e. The molecule has 0 N–H and O–H groups in total. The number of ether oxygens (including phenoxy) is 2. The van der Waals surface area contributed by atoms with Crippen molar-refractivity contribution in [1.82, 2.24) is 9.80 Å². The molecule has 0 spiro atoms. The summed E-state index contributed by atoms with van der Waals surface area (Å²) in [6.07, 6.45) is 2.48. The molecule has 0 aromatic rings. The summed E-state index contributed by atoms with van der Waals surface area (Å²) in [5.41, 5.74) is -0.423. The van der Waals surface area contributed by atoms with Crippen LogP contribution >= 0.6 is 0 Å². The molecule has 1 aliphatic heterocycles. The van der Waals surface area contributed by atoms with Gasteiger partial charge in [0.2, 0.25) is 0 Å². The third-order valence-corrected chi connectivity index (χ3v) is 3.99. The highest BCUT2D eigenvalue weighted by Gasteiger charge is 2.29. The Morgan fingerprint density at radius 3 is 2.52 bits per heavy atom. The van der Waals surface area contributed by atoms with Gasteiger partial charge in [-0.15, -0.1) is 0 Å². The van der Waals surface area contributed by atoms with Crippen molar-refractivity contribution in [3.63, 3.8) is 0 Å². The summed E-state index contributed by atoms with van der Waals surface area (Å²) >= 11 is 0. The maximum absolute atomic E-state index is 12.1. The van der Waals surface area contributed by atoms with Crippen molar-refractivity contribution in [3.05, 3.63) is 0 Å². The second kappa shape index (κ2) is 6.97. The number of hydrogen-bond donors (Lipinski definition) is 0. The van der Waals surface area contributed by atoms with Gasteiger partial charge in [-0.1, -0.05) is 0 Å². The van der Waals surface area contributed by atoms with E-state index in [-0.39, 0.29) is 6.09 Å². The van der Waals surface area contributed by atoms with E-state index in [1.165, 1.54) is 12.8 Å². The zero-order valence-corrected chi connectivity index (χ0v) is 13.9. The number of carbonyl (C=O) groups excluding carboxylic acids is 1. The van der Waals surface area contributed by atoms with Crippen molar-refractivity contribution < 1.29 is 14.3 Å². The van der Waals surface area contributed by atoms with Crippen LogP contribution in [0.1, 0.15) is 40.5 Å². The minimum absolute atomic E-state index is 0.195. The number of carbonyl (C=O) groups is 1. The van der Waals surface area contributed by atoms with E-state index < -0.39 is 5.60 Å². The van der Waals surface area contributed by atoms with Crippen molar-refractivity contribution in [1.29, 1.82) is 0 Å². The van der Waals surface area contributed by atoms with Crippen molar-refractivity contribution in [2.24, 2.45) is 5.92 Å². The first-order valence-corrected chi connectivity index (χ1v) is 8.15. The van der Waals surface area contributed by atoms with E-state index in [1.54, 1.807) is 0 Å². The van der Waals surface area contributed by atoms with E-state index in [0.717, 1.165) is 45.3 Å². The van der Waals surface area contributed by atoms with Crippen molar-refractivity contribution in [3.8, 4) is 0 Å². The molecule has 2 fully saturated rings. The molecule has 122 valence electrons. The van der Waals surface area contributed by atoms with E-state index in [0.29, 0.717) is 6.04 Å². The lowest BCUT2D eigenvalue weighted by Crippen LogP contribution is -2.55. The van der Waals surface area contributed by atoms with Gasteiger partial charge in [-0.2, -0.15) is 0 Å². The topological polar surface area (TPSA) is 42.0 Å². The predicted molar refractivity (Wildman–Crippen MR) is 82.4 cm³/mol. The molecule has 21 heavy (non-hydrogen) atoms. The normalized spacial score (nSPS) is 24.2. The Morgan fingerprint density at radius 2 is 1.95 bits per heavy atom. The largest absolute Gasteiger partial charge is 0.444 e. The zero-order valence-electron chi connectivity index (χ0n) is 13.9. The molecule has 2 aliphatic rings. The van der Waals surface area contributed by atoms with Crippen LogP contribution in [0.2, 0.25) is 0 Å². The molecule has 1 heterocycles. The van der Waals surface area contributed by atoms with E-state index in [1.807, 2.05) is 25.7 Å². The van der Waals surface area contributed by atoms with Crippen LogP contribution in [0.25, 0.3) is 0 Å². The third kappa shape index (κ3) is 5.83. The molecule has 0 aromatic carbocycles. The molecule has 1 atom stereocenters. The summed E-state index contributed by atoms with van der Waals surface area (Å²) in [6.45, 7) is 12.9. The van der Waals surface area contributed by atoms with Gasteiger partial charge in [0.1, 0.15) is 5.60 Å². The van der Waals surface area contributed by atoms with Crippen molar-refractivity contribution in [2.45, 2.75) is 52.2 Å². The Labute approximate surface area is 128 Å². The Balaban J connectivity index is 1.67. The molecule has 2 rings (SSSR count). The smallest absolute Gasteiger partial charge is 0.410 e. The van der Waals surface area contributed by atoms with E-state index >= 15 is 0 Å². The molecule has 1 aliphatic carbocycles. The number of piperazine rings is 1. The molecular formula is C16H30N2O3. The first-order chi connectivity index (χ1) is 9.85. The summed E-state index contributed by atoms with van der Waals surface area (Å²) in [5, 5.41) is 0. The molecule has 5 heteroatoms. The van der Waals surface area contributed by atoms with Crippen LogP contribution in [0.3, 0.4) is 0 Å². The fourth-order valence-corrected chi connectivity index (χ4v) is 2.54. The van der Waals surface area contributed by atoms with Crippen molar-refractivity contribution >= 4 is 6.09 Å². The second-order valence-corrected chi connectivity index (χ2v) is 7.33. The highest BCUT2D eigenvalue weighted by molar-refractivity contribution is 5.68. The van der Waals surface area contributed by atoms with E-state index in [9.17, 15) is 4.79 Å². The van der Waals surface area contributed by atoms with E-state index in [2.05, 4.69) is 11.8 Å². The number of nitrogens with zero attached hydrogens (tertiary/aromatic N) is 2. The third-order valence-electron chi connectivity index (χ3n) is 3.99. The van der Waals surface area contributed by atoms with Gasteiger partial charge >= 0.3 is 6.09 Å². The van der Waals surface area contributed by atoms with Crippen LogP contribution in [0.15, 0.2) is 0 Å². The minimum Gasteiger partial charge on any atom is -0.444 e. The Bertz CT molecular complexity index is 350. The fourth-order valence-electron chi connectivity index (χ4n) is 2.54. The molecule has 1 saturated heterocycles. The van der Waals surface area contributed by atoms with Crippen LogP contribution < -0.4 is 0 Å². The second-order valence-electron chi connectivity index (χ2n) is 7.33. The predicted octanol–water partition coefficient (Wildman–Crippen LogP) is 2.35. The fraction of sp³-hybridized carbons (Fsp3) is 0.938. The quantitative estimate of drug-likeness (QED) is 0.731. The first-order valence-electron chi connectivity index (χ1n) is 8.15. The van der Waals surface area contributed by atoms with Gasteiger partial charge < -0.3 is 14.4 Å². The van der Waals surface area contributed by atoms with Crippen LogP contribution in [0.5, 0.6) is 0 Å². The average molecular weight is 298 g/mol. The standard InChI is InChI=1S/C16H30N2O3/c1-13-11-18(15(19)21-16(2,3)4)8-7-17(13)9-10-20-12-14-5-6-14/h13-14H,5-12H2,1-4H3/t13-/m0/s1. The van der Waals surface area contributed by atoms with Gasteiger partial charge in [-0.25, -0.2) is 4.79 Å². The highest BCUT2D eigenvalue weighted by Crippen LogP contribution is 2.28. The molecule has 1 saturated carbocycles. The molecule has 0 radical (unpaired) electrons. The van der Waals surface area contributed by atoms with E-state index in [4.69, 9.17) is 9.47 Å². The number of amides is 1. The SMILES string of the molecule is C[C@H]1CN(C(=O)OC(C)(C)C)CCN1CCOCC1CC1. The lowest BCUT2D eigenvalue weighted by molar-refractivity contribution is 0.000437. The number of rotatable bonds is 5. The summed E-state index contributed by atoms with van der Waals surface area (Å²) < 4.78 is 11.1.